The number of nitrogens with zero attached hydrogens (tertiary/aromatic N) is 3. The van der Waals surface area contributed by atoms with Gasteiger partial charge in [-0.3, -0.25) is 5.32 Å². The van der Waals surface area contributed by atoms with Crippen LogP contribution in [0.5, 0.6) is 0 Å². The van der Waals surface area contributed by atoms with Crippen LogP contribution in [0, 0.1) is 17.0 Å². The van der Waals surface area contributed by atoms with Crippen molar-refractivity contribution in [3.8, 4) is 0 Å². The van der Waals surface area contributed by atoms with Crippen LogP contribution in [0.4, 0.5) is 10.6 Å². The molecule has 24 heavy (non-hydrogen) atoms. The maximum atomic E-state index is 11.8. The fourth-order valence-corrected chi connectivity index (χ4v) is 2.17. The largest absolute Gasteiger partial charge is 0.445 e. The maximum absolute atomic E-state index is 11.8. The van der Waals surface area contributed by atoms with Crippen molar-refractivity contribution in [1.29, 1.82) is 0 Å². The number of aryl methyl sites for hydroxylation is 1. The summed E-state index contributed by atoms with van der Waals surface area (Å²) in [6.07, 6.45) is -0.639. The number of rotatable bonds is 7. The SMILES string of the molecule is Cc1ncc([N+](=O)[O-])n1CCOC(=O)N[C@H](NC(C)C)C(Cl)(Cl)Cl. The van der Waals surface area contributed by atoms with Crippen molar-refractivity contribution >= 4 is 46.7 Å². The summed E-state index contributed by atoms with van der Waals surface area (Å²) in [6, 6.07) is -0.0535. The number of hydrogen-bond donors (Lipinski definition) is 2. The molecule has 0 aliphatic rings. The van der Waals surface area contributed by atoms with E-state index in [1.165, 1.54) is 4.57 Å². The fourth-order valence-electron chi connectivity index (χ4n) is 1.82. The van der Waals surface area contributed by atoms with E-state index in [1.807, 2.05) is 13.8 Å². The third kappa shape index (κ3) is 6.31. The van der Waals surface area contributed by atoms with Crippen LogP contribution in [0.1, 0.15) is 19.7 Å². The molecule has 12 heteroatoms. The molecule has 0 saturated carbocycles. The Morgan fingerprint density at radius 2 is 2.12 bits per heavy atom. The number of carbonyl (C=O) groups is 1. The summed E-state index contributed by atoms with van der Waals surface area (Å²) in [5.74, 6) is 0.253. The Morgan fingerprint density at radius 3 is 2.62 bits per heavy atom. The number of imidazole rings is 1. The monoisotopic (exact) mass is 401 g/mol. The maximum Gasteiger partial charge on any atom is 0.408 e. The third-order valence-electron chi connectivity index (χ3n) is 2.86. The fraction of sp³-hybridized carbons (Fsp3) is 0.667. The second kappa shape index (κ2) is 8.70. The molecule has 0 bridgehead atoms. The molecule has 1 aromatic rings. The average molecular weight is 403 g/mol. The highest BCUT2D eigenvalue weighted by Crippen LogP contribution is 2.29. The van der Waals surface area contributed by atoms with Gasteiger partial charge >= 0.3 is 11.9 Å². The van der Waals surface area contributed by atoms with Gasteiger partial charge in [-0.15, -0.1) is 0 Å². The minimum atomic E-state index is -1.77. The molecule has 0 aliphatic carbocycles. The number of carbonyl (C=O) groups excluding carboxylic acids is 1. The first-order chi connectivity index (χ1) is 11.0. The minimum absolute atomic E-state index is 0.0535. The molecule has 136 valence electrons. The van der Waals surface area contributed by atoms with Gasteiger partial charge in [0.15, 0.2) is 5.82 Å². The molecular weight excluding hydrogens is 385 g/mol. The third-order valence-corrected chi connectivity index (χ3v) is 3.51. The van der Waals surface area contributed by atoms with E-state index in [9.17, 15) is 14.9 Å². The zero-order valence-electron chi connectivity index (χ0n) is 13.3. The molecule has 1 heterocycles. The first kappa shape index (κ1) is 20.8. The average Bonchev–Trinajstić information content (AvgIpc) is 2.78. The lowest BCUT2D eigenvalue weighted by atomic mass is 10.3. The molecule has 0 saturated heterocycles. The lowest BCUT2D eigenvalue weighted by molar-refractivity contribution is -0.392. The van der Waals surface area contributed by atoms with Crippen molar-refractivity contribution in [1.82, 2.24) is 20.2 Å². The van der Waals surface area contributed by atoms with Crippen molar-refractivity contribution in [2.45, 2.75) is 43.3 Å². The second-order valence-electron chi connectivity index (χ2n) is 5.15. The standard InChI is InChI=1S/C12H18Cl3N5O4/c1-7(2)17-10(12(13,14)15)18-11(21)24-5-4-19-8(3)16-6-9(19)20(22)23/h6-7,10,17H,4-5H2,1-3H3,(H,18,21)/t10-/m0/s1. The highest BCUT2D eigenvalue weighted by Gasteiger charge is 2.34. The highest BCUT2D eigenvalue weighted by atomic mass is 35.6. The lowest BCUT2D eigenvalue weighted by Crippen LogP contribution is -2.55. The quantitative estimate of drug-likeness (QED) is 0.314. The Kier molecular flexibility index (Phi) is 7.53. The predicted octanol–water partition coefficient (Wildman–Crippen LogP) is 2.52. The first-order valence-corrected chi connectivity index (χ1v) is 8.08. The van der Waals surface area contributed by atoms with Crippen molar-refractivity contribution in [2.75, 3.05) is 6.61 Å². The van der Waals surface area contributed by atoms with E-state index in [0.717, 1.165) is 6.20 Å². The summed E-state index contributed by atoms with van der Waals surface area (Å²) in [7, 11) is 0. The molecule has 1 rings (SSSR count). The summed E-state index contributed by atoms with van der Waals surface area (Å²) in [5, 5.41) is 16.1. The molecule has 1 atom stereocenters. The van der Waals surface area contributed by atoms with E-state index in [4.69, 9.17) is 39.5 Å². The highest BCUT2D eigenvalue weighted by molar-refractivity contribution is 6.68. The van der Waals surface area contributed by atoms with E-state index in [-0.39, 0.29) is 25.0 Å². The van der Waals surface area contributed by atoms with Gasteiger partial charge in [-0.2, -0.15) is 0 Å². The van der Waals surface area contributed by atoms with Crippen LogP contribution in [0.2, 0.25) is 0 Å². The number of alkyl halides is 3. The van der Waals surface area contributed by atoms with E-state index in [2.05, 4.69) is 15.6 Å². The summed E-state index contributed by atoms with van der Waals surface area (Å²) in [6.45, 7) is 5.21. The summed E-state index contributed by atoms with van der Waals surface area (Å²) in [5.41, 5.74) is 0. The summed E-state index contributed by atoms with van der Waals surface area (Å²) >= 11 is 17.4. The molecule has 0 aliphatic heterocycles. The van der Waals surface area contributed by atoms with E-state index in [1.54, 1.807) is 6.92 Å². The predicted molar refractivity (Wildman–Crippen MR) is 90.5 cm³/mol. The lowest BCUT2D eigenvalue weighted by Gasteiger charge is -2.27. The Morgan fingerprint density at radius 1 is 1.50 bits per heavy atom. The molecule has 9 nitrogen and oxygen atoms in total. The van der Waals surface area contributed by atoms with Gasteiger partial charge in [0.2, 0.25) is 3.79 Å². The second-order valence-corrected chi connectivity index (χ2v) is 7.52. The Bertz CT molecular complexity index is 588. The van der Waals surface area contributed by atoms with Crippen LogP contribution in [-0.4, -0.2) is 43.2 Å². The number of ether oxygens (including phenoxy) is 1. The van der Waals surface area contributed by atoms with Crippen molar-refractivity contribution < 1.29 is 14.5 Å². The molecule has 1 amide bonds. The van der Waals surface area contributed by atoms with E-state index in [0.29, 0.717) is 5.82 Å². The number of nitro groups is 1. The zero-order valence-corrected chi connectivity index (χ0v) is 15.5. The van der Waals surface area contributed by atoms with Crippen LogP contribution in [0.15, 0.2) is 6.20 Å². The van der Waals surface area contributed by atoms with Gasteiger partial charge in [-0.05, 0) is 18.8 Å². The summed E-state index contributed by atoms with van der Waals surface area (Å²) < 4.78 is 4.53. The van der Waals surface area contributed by atoms with Crippen LogP contribution in [-0.2, 0) is 11.3 Å². The van der Waals surface area contributed by atoms with E-state index < -0.39 is 21.0 Å². The molecule has 0 radical (unpaired) electrons. The molecule has 0 aromatic carbocycles. The van der Waals surface area contributed by atoms with Crippen molar-refractivity contribution in [2.24, 2.45) is 0 Å². The van der Waals surface area contributed by atoms with E-state index >= 15 is 0 Å². The van der Waals surface area contributed by atoms with Gasteiger partial charge < -0.3 is 20.2 Å². The first-order valence-electron chi connectivity index (χ1n) is 6.95. The molecule has 0 spiro atoms. The van der Waals surface area contributed by atoms with Gasteiger partial charge in [0, 0.05) is 13.0 Å². The van der Waals surface area contributed by atoms with Gasteiger partial charge in [0.25, 0.3) is 0 Å². The molecule has 0 fully saturated rings. The van der Waals surface area contributed by atoms with Crippen LogP contribution in [0.3, 0.4) is 0 Å². The topological polar surface area (TPSA) is 111 Å². The summed E-state index contributed by atoms with van der Waals surface area (Å²) in [4.78, 5) is 26.0. The van der Waals surface area contributed by atoms with Crippen LogP contribution < -0.4 is 10.6 Å². The van der Waals surface area contributed by atoms with Gasteiger partial charge in [0.1, 0.15) is 25.5 Å². The molecular formula is C12H18Cl3N5O4. The number of nitrogens with one attached hydrogen (secondary N) is 2. The Balaban J connectivity index is 2.57. The van der Waals surface area contributed by atoms with Gasteiger partial charge in [-0.1, -0.05) is 34.8 Å². The number of amides is 1. The Hall–Kier alpha value is -1.29. The Labute approximate surface area is 153 Å². The molecule has 0 unspecified atom stereocenters. The minimum Gasteiger partial charge on any atom is -0.445 e. The zero-order chi connectivity index (χ0) is 18.5. The normalized spacial score (nSPS) is 13.0. The molecule has 2 N–H and O–H groups in total. The van der Waals surface area contributed by atoms with Gasteiger partial charge in [0.05, 0.1) is 0 Å². The van der Waals surface area contributed by atoms with Gasteiger partial charge in [-0.25, -0.2) is 14.3 Å². The van der Waals surface area contributed by atoms with Crippen molar-refractivity contribution in [3.05, 3.63) is 22.1 Å². The number of hydrogen-bond acceptors (Lipinski definition) is 6. The molecule has 1 aromatic heterocycles. The van der Waals surface area contributed by atoms with Crippen molar-refractivity contribution in [3.63, 3.8) is 0 Å². The smallest absolute Gasteiger partial charge is 0.408 e. The number of halogens is 3. The number of alkyl carbamates (subject to hydrolysis) is 1. The number of aromatic nitrogens is 2. The van der Waals surface area contributed by atoms with Crippen LogP contribution in [0.25, 0.3) is 0 Å². The van der Waals surface area contributed by atoms with Crippen LogP contribution >= 0.6 is 34.8 Å².